The number of hydrogen-bond acceptors (Lipinski definition) is 3. The fourth-order valence-corrected chi connectivity index (χ4v) is 3.27. The van der Waals surface area contributed by atoms with Gasteiger partial charge in [-0.25, -0.2) is 4.98 Å². The first-order valence-electron chi connectivity index (χ1n) is 9.16. The lowest BCUT2D eigenvalue weighted by Gasteiger charge is -2.11. The Labute approximate surface area is 164 Å². The van der Waals surface area contributed by atoms with Gasteiger partial charge in [-0.05, 0) is 34.4 Å². The Morgan fingerprint density at radius 2 is 1.46 bits per heavy atom. The number of hydrogen-bond donors (Lipinski definition) is 1. The first-order chi connectivity index (χ1) is 13.7. The van der Waals surface area contributed by atoms with Crippen LogP contribution in [0.25, 0.3) is 11.1 Å². The highest BCUT2D eigenvalue weighted by molar-refractivity contribution is 5.63. The van der Waals surface area contributed by atoms with Crippen molar-refractivity contribution < 1.29 is 0 Å². The van der Waals surface area contributed by atoms with E-state index in [-0.39, 0.29) is 0 Å². The monoisotopic (exact) mass is 364 g/mol. The lowest BCUT2D eigenvalue weighted by Crippen LogP contribution is -2.08. The third-order valence-corrected chi connectivity index (χ3v) is 4.84. The second kappa shape index (κ2) is 7.81. The van der Waals surface area contributed by atoms with Gasteiger partial charge in [0.1, 0.15) is 0 Å². The minimum Gasteiger partial charge on any atom is -0.369 e. The van der Waals surface area contributed by atoms with Crippen LogP contribution in [-0.4, -0.2) is 9.55 Å². The number of imidazole rings is 1. The highest BCUT2D eigenvalue weighted by Gasteiger charge is 2.09. The van der Waals surface area contributed by atoms with Crippen LogP contribution < -0.4 is 5.73 Å². The van der Waals surface area contributed by atoms with E-state index in [1.807, 2.05) is 53.2 Å². The van der Waals surface area contributed by atoms with Crippen molar-refractivity contribution in [2.24, 2.45) is 0 Å². The minimum atomic E-state index is 0.500. The van der Waals surface area contributed by atoms with Crippen LogP contribution in [0.1, 0.15) is 22.4 Å². The Balaban J connectivity index is 1.53. The van der Waals surface area contributed by atoms with Gasteiger partial charge in [-0.2, -0.15) is 5.26 Å². The van der Waals surface area contributed by atoms with Gasteiger partial charge < -0.3 is 10.3 Å². The Kier molecular flexibility index (Phi) is 4.90. The van der Waals surface area contributed by atoms with Crippen LogP contribution in [0.5, 0.6) is 0 Å². The van der Waals surface area contributed by atoms with E-state index in [9.17, 15) is 0 Å². The maximum Gasteiger partial charge on any atom is 0.200 e. The van der Waals surface area contributed by atoms with Gasteiger partial charge in [0.05, 0.1) is 24.4 Å². The molecule has 0 aliphatic heterocycles. The molecule has 4 aromatic rings. The minimum absolute atomic E-state index is 0.500. The summed E-state index contributed by atoms with van der Waals surface area (Å²) in [6.45, 7) is 0.634. The van der Waals surface area contributed by atoms with E-state index >= 15 is 0 Å². The first kappa shape index (κ1) is 17.6. The largest absolute Gasteiger partial charge is 0.369 e. The molecule has 28 heavy (non-hydrogen) atoms. The Morgan fingerprint density at radius 3 is 2.14 bits per heavy atom. The molecular weight excluding hydrogens is 344 g/mol. The molecule has 1 heterocycles. The van der Waals surface area contributed by atoms with Crippen LogP contribution in [0, 0.1) is 11.3 Å². The van der Waals surface area contributed by atoms with Gasteiger partial charge >= 0.3 is 0 Å². The molecule has 0 unspecified atom stereocenters. The van der Waals surface area contributed by atoms with Crippen molar-refractivity contribution in [1.29, 1.82) is 5.26 Å². The zero-order valence-corrected chi connectivity index (χ0v) is 15.4. The lowest BCUT2D eigenvalue weighted by atomic mass is 10.0. The molecule has 0 aliphatic rings. The Bertz CT molecular complexity index is 1100. The topological polar surface area (TPSA) is 67.6 Å². The molecule has 3 aromatic carbocycles. The highest BCUT2D eigenvalue weighted by Crippen LogP contribution is 2.21. The van der Waals surface area contributed by atoms with Crippen molar-refractivity contribution in [2.75, 3.05) is 5.73 Å². The summed E-state index contributed by atoms with van der Waals surface area (Å²) in [4.78, 5) is 4.30. The predicted molar refractivity (Wildman–Crippen MR) is 112 cm³/mol. The van der Waals surface area contributed by atoms with E-state index in [0.717, 1.165) is 17.7 Å². The van der Waals surface area contributed by atoms with Crippen molar-refractivity contribution in [2.45, 2.75) is 13.0 Å². The molecule has 0 bridgehead atoms. The summed E-state index contributed by atoms with van der Waals surface area (Å²) in [5.41, 5.74) is 12.5. The Morgan fingerprint density at radius 1 is 0.821 bits per heavy atom. The molecule has 4 nitrogen and oxygen atoms in total. The normalized spacial score (nSPS) is 10.5. The molecule has 2 N–H and O–H groups in total. The highest BCUT2D eigenvalue weighted by atomic mass is 15.1. The number of benzene rings is 3. The van der Waals surface area contributed by atoms with Crippen molar-refractivity contribution in [1.82, 2.24) is 9.55 Å². The lowest BCUT2D eigenvalue weighted by molar-refractivity contribution is 0.765. The molecule has 0 fully saturated rings. The average Bonchev–Trinajstić information content (AvgIpc) is 3.09. The Hall–Kier alpha value is -3.84. The van der Waals surface area contributed by atoms with Crippen molar-refractivity contribution in [3.05, 3.63) is 107 Å². The first-order valence-corrected chi connectivity index (χ1v) is 9.16. The maximum absolute atomic E-state index is 8.94. The average molecular weight is 364 g/mol. The summed E-state index contributed by atoms with van der Waals surface area (Å²) >= 11 is 0. The zero-order valence-electron chi connectivity index (χ0n) is 15.4. The van der Waals surface area contributed by atoms with Gasteiger partial charge in [0.2, 0.25) is 5.95 Å². The predicted octanol–water partition coefficient (Wildman–Crippen LogP) is 4.64. The second-order valence-corrected chi connectivity index (χ2v) is 6.74. The smallest absolute Gasteiger partial charge is 0.200 e. The van der Waals surface area contributed by atoms with Crippen molar-refractivity contribution >= 4 is 5.95 Å². The summed E-state index contributed by atoms with van der Waals surface area (Å²) in [7, 11) is 0. The van der Waals surface area contributed by atoms with Crippen molar-refractivity contribution in [3.63, 3.8) is 0 Å². The zero-order chi connectivity index (χ0) is 19.3. The quantitative estimate of drug-likeness (QED) is 0.561. The number of nitrogens with zero attached hydrogens (tertiary/aromatic N) is 3. The third kappa shape index (κ3) is 3.79. The molecule has 136 valence electrons. The summed E-state index contributed by atoms with van der Waals surface area (Å²) in [5, 5.41) is 8.94. The molecule has 0 atom stereocenters. The number of nitrogen functional groups attached to an aromatic ring is 1. The van der Waals surface area contributed by atoms with E-state index in [4.69, 9.17) is 11.0 Å². The molecule has 0 spiro atoms. The van der Waals surface area contributed by atoms with Crippen LogP contribution >= 0.6 is 0 Å². The fraction of sp³-hybridized carbons (Fsp3) is 0.0833. The van der Waals surface area contributed by atoms with Gasteiger partial charge in [0.25, 0.3) is 0 Å². The van der Waals surface area contributed by atoms with Crippen LogP contribution in [0.3, 0.4) is 0 Å². The van der Waals surface area contributed by atoms with Gasteiger partial charge in [-0.3, -0.25) is 0 Å². The number of aromatic nitrogens is 2. The fourth-order valence-electron chi connectivity index (χ4n) is 3.27. The molecule has 0 saturated heterocycles. The maximum atomic E-state index is 8.94. The molecule has 4 heteroatoms. The molecule has 0 amide bonds. The van der Waals surface area contributed by atoms with E-state index in [1.165, 1.54) is 16.7 Å². The second-order valence-electron chi connectivity index (χ2n) is 6.74. The molecule has 0 aliphatic carbocycles. The van der Waals surface area contributed by atoms with Crippen LogP contribution in [0.2, 0.25) is 0 Å². The van der Waals surface area contributed by atoms with Crippen molar-refractivity contribution in [3.8, 4) is 17.2 Å². The third-order valence-electron chi connectivity index (χ3n) is 4.84. The number of nitriles is 1. The molecule has 1 aromatic heterocycles. The van der Waals surface area contributed by atoms with E-state index in [2.05, 4.69) is 47.5 Å². The molecule has 4 rings (SSSR count). The molecule has 0 radical (unpaired) electrons. The number of anilines is 1. The summed E-state index contributed by atoms with van der Waals surface area (Å²) in [6.07, 6.45) is 2.60. The van der Waals surface area contributed by atoms with Gasteiger partial charge in [0, 0.05) is 12.1 Å². The summed E-state index contributed by atoms with van der Waals surface area (Å²) < 4.78 is 2.02. The number of nitrogens with two attached hydrogens (primary N) is 1. The van der Waals surface area contributed by atoms with Crippen LogP contribution in [0.4, 0.5) is 5.95 Å². The van der Waals surface area contributed by atoms with Crippen LogP contribution in [0.15, 0.2) is 85.1 Å². The molecule has 0 saturated carbocycles. The van der Waals surface area contributed by atoms with Gasteiger partial charge in [0.15, 0.2) is 0 Å². The summed E-state index contributed by atoms with van der Waals surface area (Å²) in [6, 6.07) is 28.6. The van der Waals surface area contributed by atoms with Gasteiger partial charge in [-0.15, -0.1) is 0 Å². The number of rotatable bonds is 5. The molecular formula is C24H20N4. The van der Waals surface area contributed by atoms with Crippen LogP contribution in [-0.2, 0) is 13.0 Å². The van der Waals surface area contributed by atoms with E-state index in [0.29, 0.717) is 18.1 Å². The van der Waals surface area contributed by atoms with Gasteiger partial charge in [-0.1, -0.05) is 66.7 Å². The van der Waals surface area contributed by atoms with E-state index < -0.39 is 0 Å². The van der Waals surface area contributed by atoms with E-state index in [1.54, 1.807) is 0 Å². The standard InChI is InChI=1S/C24H20N4/c25-15-19-6-8-20(9-7-19)17-28-23(16-27-24(28)26)14-18-10-12-22(13-11-18)21-4-2-1-3-5-21/h1-13,16H,14,17H2,(H2,26,27). The summed E-state index contributed by atoms with van der Waals surface area (Å²) in [5.74, 6) is 0.500. The SMILES string of the molecule is N#Cc1ccc(Cn2c(Cc3ccc(-c4ccccc4)cc3)cnc2N)cc1.